The van der Waals surface area contributed by atoms with E-state index in [9.17, 15) is 0 Å². The van der Waals surface area contributed by atoms with Crippen molar-refractivity contribution in [3.05, 3.63) is 18.1 Å². The molecule has 0 amide bonds. The van der Waals surface area contributed by atoms with Gasteiger partial charge in [0.1, 0.15) is 5.69 Å². The van der Waals surface area contributed by atoms with Gasteiger partial charge in [-0.25, -0.2) is 4.98 Å². The van der Waals surface area contributed by atoms with Gasteiger partial charge in [0.05, 0.1) is 6.61 Å². The normalized spacial score (nSPS) is 10.6. The molecule has 0 aliphatic rings. The van der Waals surface area contributed by atoms with Crippen LogP contribution in [0, 0.1) is 5.92 Å². The number of rotatable bonds is 5. The Hall–Kier alpha value is -1.12. The zero-order chi connectivity index (χ0) is 10.4. The summed E-state index contributed by atoms with van der Waals surface area (Å²) < 4.78 is 5.51. The Balaban J connectivity index is 2.69. The summed E-state index contributed by atoms with van der Waals surface area (Å²) in [5.41, 5.74) is 0.968. The Kier molecular flexibility index (Phi) is 4.36. The zero-order valence-electron chi connectivity index (χ0n) is 9.16. The first-order valence-corrected chi connectivity index (χ1v) is 5.16. The lowest BCUT2D eigenvalue weighted by Gasteiger charge is -2.09. The maximum Gasteiger partial charge on any atom is 0.235 e. The van der Waals surface area contributed by atoms with Crippen LogP contribution in [0.15, 0.2) is 12.4 Å². The van der Waals surface area contributed by atoms with Crippen molar-refractivity contribution < 1.29 is 4.74 Å². The molecular formula is C11H18N2O. The third-order valence-electron chi connectivity index (χ3n) is 1.78. The zero-order valence-corrected chi connectivity index (χ0v) is 9.16. The summed E-state index contributed by atoms with van der Waals surface area (Å²) in [5, 5.41) is 0. The van der Waals surface area contributed by atoms with Crippen LogP contribution in [0.5, 0.6) is 5.88 Å². The second kappa shape index (κ2) is 5.58. The molecule has 78 valence electrons. The van der Waals surface area contributed by atoms with Crippen molar-refractivity contribution in [1.29, 1.82) is 0 Å². The molecule has 0 bridgehead atoms. The summed E-state index contributed by atoms with van der Waals surface area (Å²) in [5.74, 6) is 1.28. The maximum atomic E-state index is 5.51. The first-order valence-electron chi connectivity index (χ1n) is 5.16. The summed E-state index contributed by atoms with van der Waals surface area (Å²) in [4.78, 5) is 8.47. The maximum absolute atomic E-state index is 5.51. The van der Waals surface area contributed by atoms with Crippen LogP contribution in [-0.4, -0.2) is 16.6 Å². The first-order chi connectivity index (χ1) is 6.74. The highest BCUT2D eigenvalue weighted by molar-refractivity contribution is 5.17. The minimum atomic E-state index is 0.579. The van der Waals surface area contributed by atoms with Gasteiger partial charge in [-0.15, -0.1) is 0 Å². The smallest absolute Gasteiger partial charge is 0.235 e. The van der Waals surface area contributed by atoms with Gasteiger partial charge in [-0.1, -0.05) is 20.8 Å². The van der Waals surface area contributed by atoms with Crippen molar-refractivity contribution in [3.8, 4) is 5.88 Å². The molecule has 1 aromatic rings. The van der Waals surface area contributed by atoms with Crippen molar-refractivity contribution in [3.63, 3.8) is 0 Å². The molecule has 1 heterocycles. The molecule has 0 atom stereocenters. The molecule has 3 heteroatoms. The molecule has 0 aliphatic heterocycles. The van der Waals surface area contributed by atoms with Crippen molar-refractivity contribution in [2.24, 2.45) is 5.92 Å². The summed E-state index contributed by atoms with van der Waals surface area (Å²) in [7, 11) is 0. The largest absolute Gasteiger partial charge is 0.476 e. The van der Waals surface area contributed by atoms with Crippen LogP contribution in [0.1, 0.15) is 32.9 Å². The van der Waals surface area contributed by atoms with Gasteiger partial charge < -0.3 is 4.74 Å². The van der Waals surface area contributed by atoms with Gasteiger partial charge in [0, 0.05) is 12.4 Å². The van der Waals surface area contributed by atoms with Crippen molar-refractivity contribution >= 4 is 0 Å². The Labute approximate surface area is 85.5 Å². The van der Waals surface area contributed by atoms with Gasteiger partial charge in [-0.2, -0.15) is 0 Å². The number of aromatic nitrogens is 2. The monoisotopic (exact) mass is 194 g/mol. The van der Waals surface area contributed by atoms with Crippen molar-refractivity contribution in [1.82, 2.24) is 9.97 Å². The summed E-state index contributed by atoms with van der Waals surface area (Å²) in [6, 6.07) is 0. The van der Waals surface area contributed by atoms with E-state index in [-0.39, 0.29) is 0 Å². The van der Waals surface area contributed by atoms with Crippen LogP contribution in [0.2, 0.25) is 0 Å². The number of hydrogen-bond donors (Lipinski definition) is 0. The van der Waals surface area contributed by atoms with Crippen LogP contribution >= 0.6 is 0 Å². The van der Waals surface area contributed by atoms with E-state index < -0.39 is 0 Å². The average molecular weight is 194 g/mol. The molecule has 1 rings (SSSR count). The number of ether oxygens (including phenoxy) is 1. The van der Waals surface area contributed by atoms with E-state index in [1.54, 1.807) is 12.4 Å². The van der Waals surface area contributed by atoms with E-state index in [0.717, 1.165) is 18.5 Å². The van der Waals surface area contributed by atoms with Crippen LogP contribution in [-0.2, 0) is 6.42 Å². The Morgan fingerprint density at radius 2 is 2.00 bits per heavy atom. The lowest BCUT2D eigenvalue weighted by atomic mass is 10.1. The fraction of sp³-hybridized carbons (Fsp3) is 0.636. The number of hydrogen-bond acceptors (Lipinski definition) is 3. The van der Waals surface area contributed by atoms with Gasteiger partial charge in [0.25, 0.3) is 0 Å². The molecule has 1 aromatic heterocycles. The van der Waals surface area contributed by atoms with Crippen LogP contribution in [0.3, 0.4) is 0 Å². The van der Waals surface area contributed by atoms with Gasteiger partial charge >= 0.3 is 0 Å². The van der Waals surface area contributed by atoms with Gasteiger partial charge in [0.15, 0.2) is 0 Å². The molecule has 0 unspecified atom stereocenters. The molecule has 0 saturated carbocycles. The van der Waals surface area contributed by atoms with E-state index in [1.807, 2.05) is 0 Å². The van der Waals surface area contributed by atoms with Crippen molar-refractivity contribution in [2.45, 2.75) is 33.6 Å². The average Bonchev–Trinajstić information content (AvgIpc) is 2.16. The quantitative estimate of drug-likeness (QED) is 0.722. The van der Waals surface area contributed by atoms with Gasteiger partial charge in [0.2, 0.25) is 5.88 Å². The highest BCUT2D eigenvalue weighted by Crippen LogP contribution is 2.15. The molecule has 0 saturated heterocycles. The molecule has 0 N–H and O–H groups in total. The predicted molar refractivity (Wildman–Crippen MR) is 56.4 cm³/mol. The van der Waals surface area contributed by atoms with Gasteiger partial charge in [-0.05, 0) is 18.8 Å². The standard InChI is InChI=1S/C11H18N2O/c1-4-7-14-11-10(8-9(2)3)12-5-6-13-11/h5-6,9H,4,7-8H2,1-3H3. The molecular weight excluding hydrogens is 176 g/mol. The Morgan fingerprint density at radius 3 is 2.64 bits per heavy atom. The Bertz CT molecular complexity index is 274. The molecule has 3 nitrogen and oxygen atoms in total. The predicted octanol–water partition coefficient (Wildman–Crippen LogP) is 2.46. The third-order valence-corrected chi connectivity index (χ3v) is 1.78. The third kappa shape index (κ3) is 3.32. The highest BCUT2D eigenvalue weighted by atomic mass is 16.5. The molecule has 0 aromatic carbocycles. The molecule has 0 spiro atoms. The second-order valence-corrected chi connectivity index (χ2v) is 3.75. The minimum absolute atomic E-state index is 0.579. The Morgan fingerprint density at radius 1 is 1.29 bits per heavy atom. The van der Waals surface area contributed by atoms with Crippen LogP contribution in [0.25, 0.3) is 0 Å². The van der Waals surface area contributed by atoms with Crippen LogP contribution < -0.4 is 4.74 Å². The van der Waals surface area contributed by atoms with E-state index in [1.165, 1.54) is 0 Å². The van der Waals surface area contributed by atoms with Gasteiger partial charge in [-0.3, -0.25) is 4.98 Å². The van der Waals surface area contributed by atoms with E-state index >= 15 is 0 Å². The van der Waals surface area contributed by atoms with Crippen molar-refractivity contribution in [2.75, 3.05) is 6.61 Å². The topological polar surface area (TPSA) is 35.0 Å². The summed E-state index contributed by atoms with van der Waals surface area (Å²) >= 11 is 0. The summed E-state index contributed by atoms with van der Waals surface area (Å²) in [6.07, 6.45) is 5.32. The summed E-state index contributed by atoms with van der Waals surface area (Å²) in [6.45, 7) is 7.12. The first kappa shape index (κ1) is 11.0. The molecule has 0 aliphatic carbocycles. The lowest BCUT2D eigenvalue weighted by Crippen LogP contribution is -2.05. The highest BCUT2D eigenvalue weighted by Gasteiger charge is 2.07. The van der Waals surface area contributed by atoms with E-state index in [4.69, 9.17) is 4.74 Å². The number of nitrogens with zero attached hydrogens (tertiary/aromatic N) is 2. The fourth-order valence-corrected chi connectivity index (χ4v) is 1.20. The fourth-order valence-electron chi connectivity index (χ4n) is 1.20. The molecule has 0 radical (unpaired) electrons. The van der Waals surface area contributed by atoms with E-state index in [0.29, 0.717) is 18.4 Å². The second-order valence-electron chi connectivity index (χ2n) is 3.75. The SMILES string of the molecule is CCCOc1nccnc1CC(C)C. The molecule has 0 fully saturated rings. The van der Waals surface area contributed by atoms with Crippen LogP contribution in [0.4, 0.5) is 0 Å². The molecule has 14 heavy (non-hydrogen) atoms. The lowest BCUT2D eigenvalue weighted by molar-refractivity contribution is 0.298. The van der Waals surface area contributed by atoms with E-state index in [2.05, 4.69) is 30.7 Å². The minimum Gasteiger partial charge on any atom is -0.476 e.